The summed E-state index contributed by atoms with van der Waals surface area (Å²) in [5.74, 6) is -0.637. The van der Waals surface area contributed by atoms with Crippen LogP contribution in [-0.2, 0) is 14.2 Å². The summed E-state index contributed by atoms with van der Waals surface area (Å²) in [5.41, 5.74) is -0.892. The Balaban J connectivity index is 0. The zero-order valence-electron chi connectivity index (χ0n) is 11.4. The van der Waals surface area contributed by atoms with E-state index in [4.69, 9.17) is 5.11 Å². The van der Waals surface area contributed by atoms with E-state index in [2.05, 4.69) is 0 Å². The first-order valence-electron chi connectivity index (χ1n) is 5.29. The van der Waals surface area contributed by atoms with E-state index in [0.717, 1.165) is 6.66 Å². The van der Waals surface area contributed by atoms with Crippen molar-refractivity contribution in [2.45, 2.75) is 6.42 Å². The van der Waals surface area contributed by atoms with Crippen LogP contribution < -0.4 is 34.5 Å². The topological polar surface area (TPSA) is 121 Å². The van der Waals surface area contributed by atoms with Gasteiger partial charge in [-0.1, -0.05) is 0 Å². The molecular formula is C9H18N2NaO6P. The van der Waals surface area contributed by atoms with E-state index in [-0.39, 0.29) is 62.2 Å². The number of likely N-dealkylation sites (N-methyl/N-ethyl adjacent to an activating group) is 1. The summed E-state index contributed by atoms with van der Waals surface area (Å²) in [7, 11) is -2.50. The molecule has 0 spiro atoms. The zero-order chi connectivity index (χ0) is 14.3. The van der Waals surface area contributed by atoms with Gasteiger partial charge in [-0.25, -0.2) is 5.06 Å². The Morgan fingerprint density at radius 3 is 2.26 bits per heavy atom. The Hall–Kier alpha value is 0.210. The van der Waals surface area contributed by atoms with Crippen molar-refractivity contribution in [3.05, 3.63) is 0 Å². The van der Waals surface area contributed by atoms with Gasteiger partial charge in [0.1, 0.15) is 0 Å². The molecule has 0 aromatic heterocycles. The van der Waals surface area contributed by atoms with E-state index in [1.165, 1.54) is 11.9 Å². The van der Waals surface area contributed by atoms with E-state index in [9.17, 15) is 24.3 Å². The second-order valence-electron chi connectivity index (χ2n) is 3.97. The number of nitrogens with zero attached hydrogens (tertiary/aromatic N) is 2. The smallest absolute Gasteiger partial charge is 0.794 e. The van der Waals surface area contributed by atoms with Crippen LogP contribution in [0.25, 0.3) is 0 Å². The average Bonchev–Trinajstić information content (AvgIpc) is 2.24. The standard InChI is InChI=1S/C9H19N2O6P.Na/c1-10(7-9(14)18(2,16)17)4-5-11(15)8(13)3-6-12;/h12,15H,3-7H2,1-2H3,(H,16,17);/q;+1/p-1. The van der Waals surface area contributed by atoms with Crippen molar-refractivity contribution in [2.75, 3.05) is 40.0 Å². The molecule has 0 bridgehead atoms. The van der Waals surface area contributed by atoms with Gasteiger partial charge < -0.3 is 14.6 Å². The van der Waals surface area contributed by atoms with Gasteiger partial charge in [0.15, 0.2) is 5.52 Å². The fourth-order valence-electron chi connectivity index (χ4n) is 1.05. The summed E-state index contributed by atoms with van der Waals surface area (Å²) in [6.07, 6.45) is -0.191. The summed E-state index contributed by atoms with van der Waals surface area (Å²) in [6.45, 7) is 0.264. The first-order chi connectivity index (χ1) is 8.18. The monoisotopic (exact) mass is 304 g/mol. The molecule has 0 fully saturated rings. The Morgan fingerprint density at radius 2 is 1.84 bits per heavy atom. The molecule has 0 radical (unpaired) electrons. The molecule has 0 aliphatic rings. The zero-order valence-corrected chi connectivity index (χ0v) is 14.3. The minimum Gasteiger partial charge on any atom is -0.794 e. The van der Waals surface area contributed by atoms with E-state index >= 15 is 0 Å². The molecule has 106 valence electrons. The van der Waals surface area contributed by atoms with Crippen LogP contribution in [-0.4, -0.2) is 71.7 Å². The number of aliphatic hydroxyl groups is 1. The number of rotatable bonds is 8. The third-order valence-corrected chi connectivity index (χ3v) is 3.21. The minimum absolute atomic E-state index is 0. The fourth-order valence-corrected chi connectivity index (χ4v) is 1.55. The summed E-state index contributed by atoms with van der Waals surface area (Å²) < 4.78 is 10.9. The summed E-state index contributed by atoms with van der Waals surface area (Å²) in [5, 5.41) is 18.2. The molecule has 0 aromatic rings. The van der Waals surface area contributed by atoms with E-state index in [1.54, 1.807) is 0 Å². The number of aliphatic hydroxyl groups excluding tert-OH is 1. The Bertz CT molecular complexity index is 348. The van der Waals surface area contributed by atoms with Crippen LogP contribution in [0.15, 0.2) is 0 Å². The van der Waals surface area contributed by atoms with Gasteiger partial charge in [-0.3, -0.25) is 19.7 Å². The Labute approximate surface area is 134 Å². The number of hydrogen-bond acceptors (Lipinski definition) is 7. The van der Waals surface area contributed by atoms with Gasteiger partial charge in [0.05, 0.1) is 33.5 Å². The average molecular weight is 304 g/mol. The molecule has 0 rings (SSSR count). The largest absolute Gasteiger partial charge is 1.00 e. The van der Waals surface area contributed by atoms with Crippen molar-refractivity contribution in [2.24, 2.45) is 0 Å². The van der Waals surface area contributed by atoms with Crippen molar-refractivity contribution in [1.29, 1.82) is 0 Å². The number of amides is 1. The van der Waals surface area contributed by atoms with E-state index in [1.807, 2.05) is 0 Å². The van der Waals surface area contributed by atoms with Crippen LogP contribution in [0.5, 0.6) is 0 Å². The quantitative estimate of drug-likeness (QED) is 0.200. The normalized spacial score (nSPS) is 13.6. The second kappa shape index (κ2) is 10.0. The molecule has 1 amide bonds. The van der Waals surface area contributed by atoms with Crippen molar-refractivity contribution in [3.63, 3.8) is 0 Å². The molecule has 10 heteroatoms. The number of carbonyl (C=O) groups excluding carboxylic acids is 2. The molecule has 0 aliphatic carbocycles. The van der Waals surface area contributed by atoms with Crippen molar-refractivity contribution < 1.29 is 58.9 Å². The maximum absolute atomic E-state index is 11.2. The Morgan fingerprint density at radius 1 is 1.32 bits per heavy atom. The van der Waals surface area contributed by atoms with E-state index in [0.29, 0.717) is 5.06 Å². The van der Waals surface area contributed by atoms with Gasteiger partial charge >= 0.3 is 29.6 Å². The van der Waals surface area contributed by atoms with Crippen LogP contribution in [0.4, 0.5) is 0 Å². The summed E-state index contributed by atoms with van der Waals surface area (Å²) in [6, 6.07) is 0. The fraction of sp³-hybridized carbons (Fsp3) is 0.778. The number of hydrogen-bond donors (Lipinski definition) is 2. The maximum atomic E-state index is 11.2. The summed E-state index contributed by atoms with van der Waals surface area (Å²) >= 11 is 0. The number of carbonyl (C=O) groups is 2. The van der Waals surface area contributed by atoms with Crippen molar-refractivity contribution in [3.8, 4) is 0 Å². The second-order valence-corrected chi connectivity index (χ2v) is 6.16. The molecule has 0 aliphatic heterocycles. The van der Waals surface area contributed by atoms with Crippen LogP contribution in [0.2, 0.25) is 0 Å². The SMILES string of the molecule is CN(CCN(O)C(=O)CCO)CC(=O)P(C)(=O)[O-].[Na+]. The predicted molar refractivity (Wildman–Crippen MR) is 61.2 cm³/mol. The van der Waals surface area contributed by atoms with Crippen LogP contribution in [0.3, 0.4) is 0 Å². The molecule has 0 heterocycles. The third-order valence-electron chi connectivity index (χ3n) is 2.17. The molecular weight excluding hydrogens is 286 g/mol. The molecule has 1 atom stereocenters. The Kier molecular flexibility index (Phi) is 11.3. The first kappa shape index (κ1) is 21.5. The van der Waals surface area contributed by atoms with Crippen LogP contribution >= 0.6 is 7.37 Å². The van der Waals surface area contributed by atoms with Gasteiger partial charge in [0, 0.05) is 6.54 Å². The molecule has 0 saturated carbocycles. The molecule has 19 heavy (non-hydrogen) atoms. The molecule has 1 unspecified atom stereocenters. The molecule has 0 saturated heterocycles. The molecule has 2 N–H and O–H groups in total. The first-order valence-corrected chi connectivity index (χ1v) is 7.36. The van der Waals surface area contributed by atoms with Gasteiger partial charge in [0.25, 0.3) is 0 Å². The van der Waals surface area contributed by atoms with Crippen molar-refractivity contribution >= 4 is 18.8 Å². The third kappa shape index (κ3) is 9.70. The van der Waals surface area contributed by atoms with Gasteiger partial charge in [-0.15, -0.1) is 0 Å². The maximum Gasteiger partial charge on any atom is 1.00 e. The predicted octanol–water partition coefficient (Wildman–Crippen LogP) is -4.68. The summed E-state index contributed by atoms with van der Waals surface area (Å²) in [4.78, 5) is 34.5. The van der Waals surface area contributed by atoms with Gasteiger partial charge in [-0.2, -0.15) is 0 Å². The van der Waals surface area contributed by atoms with Gasteiger partial charge in [0.2, 0.25) is 5.91 Å². The molecule has 8 nitrogen and oxygen atoms in total. The van der Waals surface area contributed by atoms with Crippen LogP contribution in [0, 0.1) is 0 Å². The molecule has 0 aromatic carbocycles. The van der Waals surface area contributed by atoms with Crippen LogP contribution in [0.1, 0.15) is 6.42 Å². The van der Waals surface area contributed by atoms with Gasteiger partial charge in [-0.05, 0) is 13.7 Å². The minimum atomic E-state index is -3.99. The van der Waals surface area contributed by atoms with Crippen molar-refractivity contribution in [1.82, 2.24) is 9.96 Å². The number of hydroxylamine groups is 2. The van der Waals surface area contributed by atoms with E-state index < -0.39 is 18.8 Å².